The minimum atomic E-state index is -1.96. The van der Waals surface area contributed by atoms with Gasteiger partial charge >= 0.3 is 11.6 Å². The van der Waals surface area contributed by atoms with Crippen molar-refractivity contribution in [3.8, 4) is 0 Å². The number of carbonyl (C=O) groups is 1. The van der Waals surface area contributed by atoms with E-state index in [0.717, 1.165) is 0 Å². The standard InChI is InChI=1S/C24H31ClO11/c1-8(2)13-11-9(5-10(27)34-13)22(3)16-15(14(11)35-20-19(30)24(32,6-26)7-33-20)36-21(31)23(16,4)18(29)12(28)17(22)25/h5,8,12,14-20,26,28-30,32H,6-7H2,1-4H3/t12-,14+,15+,16+,17-,18-,19-,20-,22+,23+,24+/m0/s1. The fourth-order valence-corrected chi connectivity index (χ4v) is 7.09. The van der Waals surface area contributed by atoms with Gasteiger partial charge in [-0.3, -0.25) is 4.79 Å². The first-order valence-corrected chi connectivity index (χ1v) is 12.3. The van der Waals surface area contributed by atoms with Crippen molar-refractivity contribution < 1.29 is 49.0 Å². The molecule has 2 aliphatic carbocycles. The second kappa shape index (κ2) is 8.21. The molecule has 2 aliphatic heterocycles. The Morgan fingerprint density at radius 1 is 1.17 bits per heavy atom. The molecule has 3 heterocycles. The number of ether oxygens (including phenoxy) is 3. The molecule has 4 aliphatic rings. The molecule has 3 fully saturated rings. The van der Waals surface area contributed by atoms with Crippen LogP contribution in [0.1, 0.15) is 56.6 Å². The number of fused-ring (bicyclic) bond motifs is 2. The first-order chi connectivity index (χ1) is 16.7. The van der Waals surface area contributed by atoms with E-state index in [-0.39, 0.29) is 11.7 Å². The summed E-state index contributed by atoms with van der Waals surface area (Å²) >= 11 is 6.78. The first-order valence-electron chi connectivity index (χ1n) is 11.9. The van der Waals surface area contributed by atoms with Gasteiger partial charge < -0.3 is 44.2 Å². The van der Waals surface area contributed by atoms with Crippen molar-refractivity contribution in [3.05, 3.63) is 33.4 Å². The Labute approximate surface area is 211 Å². The molecule has 0 bridgehead atoms. The fourth-order valence-electron chi connectivity index (χ4n) is 6.70. The number of hydrogen-bond acceptors (Lipinski definition) is 11. The topological polar surface area (TPSA) is 176 Å². The van der Waals surface area contributed by atoms with Crippen molar-refractivity contribution in [1.29, 1.82) is 0 Å². The largest absolute Gasteiger partial charge is 0.458 e. The van der Waals surface area contributed by atoms with E-state index in [0.29, 0.717) is 11.1 Å². The van der Waals surface area contributed by atoms with Crippen LogP contribution in [0.2, 0.25) is 0 Å². The van der Waals surface area contributed by atoms with Gasteiger partial charge in [-0.05, 0) is 12.5 Å². The molecule has 1 aromatic rings. The van der Waals surface area contributed by atoms with Crippen LogP contribution in [-0.2, 0) is 24.4 Å². The molecular weight excluding hydrogens is 500 g/mol. The number of halogens is 1. The second-order valence-electron chi connectivity index (χ2n) is 11.1. The van der Waals surface area contributed by atoms with Gasteiger partial charge in [0, 0.05) is 28.9 Å². The lowest BCUT2D eigenvalue weighted by atomic mass is 9.48. The summed E-state index contributed by atoms with van der Waals surface area (Å²) in [5.74, 6) is -1.72. The maximum atomic E-state index is 13.3. The SMILES string of the molecule is CC(C)c1oc(=O)cc2c1[C@@H](O[C@@H]1OC[C@](O)(CO)[C@H]1O)[C@H]1OC(=O)[C@@]3(C)[C@@H](O)[C@@H](O)[C@H](Cl)[C@@]2(C)[C@@H]13. The van der Waals surface area contributed by atoms with E-state index in [1.54, 1.807) is 20.8 Å². The molecule has 0 radical (unpaired) electrons. The summed E-state index contributed by atoms with van der Waals surface area (Å²) in [4.78, 5) is 26.0. The number of rotatable bonds is 4. The summed E-state index contributed by atoms with van der Waals surface area (Å²) in [6.07, 6.45) is -8.36. The molecule has 36 heavy (non-hydrogen) atoms. The van der Waals surface area contributed by atoms with Crippen molar-refractivity contribution in [2.45, 2.75) is 86.8 Å². The summed E-state index contributed by atoms with van der Waals surface area (Å²) in [6, 6.07) is 1.24. The molecule has 5 N–H and O–H groups in total. The average molecular weight is 531 g/mol. The molecule has 0 unspecified atom stereocenters. The fraction of sp³-hybridized carbons (Fsp3) is 0.750. The quantitative estimate of drug-likeness (QED) is 0.249. The zero-order valence-corrected chi connectivity index (χ0v) is 21.0. The van der Waals surface area contributed by atoms with Crippen molar-refractivity contribution in [1.82, 2.24) is 0 Å². The van der Waals surface area contributed by atoms with Gasteiger partial charge in [-0.15, -0.1) is 11.6 Å². The number of esters is 1. The molecule has 11 nitrogen and oxygen atoms in total. The Balaban J connectivity index is 1.75. The Kier molecular flexibility index (Phi) is 5.94. The molecule has 0 spiro atoms. The summed E-state index contributed by atoms with van der Waals surface area (Å²) in [5, 5.41) is 51.4. The highest BCUT2D eigenvalue weighted by atomic mass is 35.5. The maximum absolute atomic E-state index is 13.3. The van der Waals surface area contributed by atoms with Gasteiger partial charge in [0.25, 0.3) is 0 Å². The summed E-state index contributed by atoms with van der Waals surface area (Å²) in [5.41, 5.74) is -4.74. The van der Waals surface area contributed by atoms with E-state index < -0.39 is 89.3 Å². The summed E-state index contributed by atoms with van der Waals surface area (Å²) < 4.78 is 23.0. The van der Waals surface area contributed by atoms with Crippen LogP contribution >= 0.6 is 11.6 Å². The molecule has 2 saturated heterocycles. The lowest BCUT2D eigenvalue weighted by Crippen LogP contribution is -2.69. The number of aliphatic hydroxyl groups is 5. The Hall–Kier alpha value is -1.57. The van der Waals surface area contributed by atoms with Crippen LogP contribution in [0, 0.1) is 11.3 Å². The van der Waals surface area contributed by atoms with E-state index in [1.807, 2.05) is 0 Å². The van der Waals surface area contributed by atoms with Gasteiger partial charge in [-0.2, -0.15) is 0 Å². The molecule has 1 aromatic heterocycles. The number of aliphatic hydroxyl groups excluding tert-OH is 4. The summed E-state index contributed by atoms with van der Waals surface area (Å²) in [6.45, 7) is 5.58. The van der Waals surface area contributed by atoms with Gasteiger partial charge in [0.05, 0.1) is 30.8 Å². The third-order valence-electron chi connectivity index (χ3n) is 8.69. The highest BCUT2D eigenvalue weighted by Crippen LogP contribution is 2.65. The Morgan fingerprint density at radius 3 is 2.42 bits per heavy atom. The van der Waals surface area contributed by atoms with Crippen molar-refractivity contribution in [2.24, 2.45) is 11.3 Å². The number of hydrogen-bond donors (Lipinski definition) is 5. The van der Waals surface area contributed by atoms with Gasteiger partial charge in [-0.1, -0.05) is 20.8 Å². The van der Waals surface area contributed by atoms with E-state index >= 15 is 0 Å². The van der Waals surface area contributed by atoms with Crippen molar-refractivity contribution in [3.63, 3.8) is 0 Å². The zero-order chi connectivity index (χ0) is 26.5. The minimum Gasteiger partial charge on any atom is -0.458 e. The predicted molar refractivity (Wildman–Crippen MR) is 121 cm³/mol. The molecule has 200 valence electrons. The molecular formula is C24H31ClO11. The first kappa shape index (κ1) is 26.1. The highest BCUT2D eigenvalue weighted by Gasteiger charge is 2.75. The zero-order valence-electron chi connectivity index (χ0n) is 20.3. The van der Waals surface area contributed by atoms with Crippen LogP contribution in [0.15, 0.2) is 15.3 Å². The third kappa shape index (κ3) is 3.11. The van der Waals surface area contributed by atoms with Crippen LogP contribution in [0.5, 0.6) is 0 Å². The molecule has 0 amide bonds. The molecule has 12 heteroatoms. The molecule has 1 saturated carbocycles. The van der Waals surface area contributed by atoms with E-state index in [9.17, 15) is 35.1 Å². The van der Waals surface area contributed by atoms with Gasteiger partial charge in [0.2, 0.25) is 0 Å². The Morgan fingerprint density at radius 2 is 1.83 bits per heavy atom. The van der Waals surface area contributed by atoms with Gasteiger partial charge in [0.1, 0.15) is 35.1 Å². The highest BCUT2D eigenvalue weighted by molar-refractivity contribution is 6.22. The molecule has 5 rings (SSSR count). The van der Waals surface area contributed by atoms with Gasteiger partial charge in [-0.25, -0.2) is 4.79 Å². The monoisotopic (exact) mass is 530 g/mol. The Bertz CT molecular complexity index is 1140. The second-order valence-corrected chi connectivity index (χ2v) is 11.6. The number of alkyl halides is 1. The molecule has 11 atom stereocenters. The maximum Gasteiger partial charge on any atom is 0.336 e. The normalized spacial score (nSPS) is 47.6. The van der Waals surface area contributed by atoms with Crippen LogP contribution in [-0.4, -0.2) is 86.4 Å². The lowest BCUT2D eigenvalue weighted by molar-refractivity contribution is -0.221. The van der Waals surface area contributed by atoms with Crippen molar-refractivity contribution in [2.75, 3.05) is 13.2 Å². The van der Waals surface area contributed by atoms with E-state index in [2.05, 4.69) is 0 Å². The molecule has 0 aromatic carbocycles. The average Bonchev–Trinajstić information content (AvgIpc) is 3.28. The summed E-state index contributed by atoms with van der Waals surface area (Å²) in [7, 11) is 0. The minimum absolute atomic E-state index is 0.237. The van der Waals surface area contributed by atoms with E-state index in [4.69, 9.17) is 30.2 Å². The van der Waals surface area contributed by atoms with E-state index in [1.165, 1.54) is 13.0 Å². The van der Waals surface area contributed by atoms with Crippen LogP contribution in [0.25, 0.3) is 0 Å². The smallest absolute Gasteiger partial charge is 0.336 e. The predicted octanol–water partition coefficient (Wildman–Crippen LogP) is -0.576. The number of carbonyl (C=O) groups excluding carboxylic acids is 1. The van der Waals surface area contributed by atoms with Crippen LogP contribution in [0.3, 0.4) is 0 Å². The van der Waals surface area contributed by atoms with Crippen molar-refractivity contribution >= 4 is 17.6 Å². The third-order valence-corrected chi connectivity index (χ3v) is 9.40. The van der Waals surface area contributed by atoms with Gasteiger partial charge in [0.15, 0.2) is 6.29 Å². The lowest BCUT2D eigenvalue weighted by Gasteiger charge is -2.58. The van der Waals surface area contributed by atoms with Crippen LogP contribution < -0.4 is 5.63 Å². The van der Waals surface area contributed by atoms with Crippen LogP contribution in [0.4, 0.5) is 0 Å².